The Morgan fingerprint density at radius 3 is 2.26 bits per heavy atom. The van der Waals surface area contributed by atoms with E-state index in [4.69, 9.17) is 37.4 Å². The molecule has 0 saturated heterocycles. The predicted molar refractivity (Wildman–Crippen MR) is 133 cm³/mol. The summed E-state index contributed by atoms with van der Waals surface area (Å²) >= 11 is 11.8. The number of rotatable bonds is 10. The molecule has 0 radical (unpaired) electrons. The quantitative estimate of drug-likeness (QED) is 0.335. The standard InChI is InChI=1S/C25H22Cl2N2O6/c1-33-21-4-2-3-5-22(21)35-18-9-7-17(8-10-18)28-23(30)12-13-25(32)34-15-24(31)29-20-14-16(26)6-11-19(20)27/h2-11,14H,12-13,15H2,1H3,(H,28,30)(H,29,31). The van der Waals surface area contributed by atoms with Gasteiger partial charge in [-0.25, -0.2) is 0 Å². The van der Waals surface area contributed by atoms with Gasteiger partial charge in [0.1, 0.15) is 5.75 Å². The van der Waals surface area contributed by atoms with Crippen molar-refractivity contribution in [2.45, 2.75) is 12.8 Å². The Bertz CT molecular complexity index is 1200. The topological polar surface area (TPSA) is 103 Å². The van der Waals surface area contributed by atoms with Crippen molar-refractivity contribution in [3.63, 3.8) is 0 Å². The van der Waals surface area contributed by atoms with E-state index in [1.807, 2.05) is 12.1 Å². The molecule has 3 aromatic carbocycles. The molecular weight excluding hydrogens is 495 g/mol. The molecule has 10 heteroatoms. The molecule has 3 rings (SSSR count). The average Bonchev–Trinajstić information content (AvgIpc) is 2.85. The van der Waals surface area contributed by atoms with E-state index in [2.05, 4.69) is 10.6 Å². The number of nitrogens with one attached hydrogen (secondary N) is 2. The van der Waals surface area contributed by atoms with E-state index in [-0.39, 0.29) is 18.7 Å². The van der Waals surface area contributed by atoms with Crippen LogP contribution in [0.2, 0.25) is 10.0 Å². The molecule has 0 unspecified atom stereocenters. The Morgan fingerprint density at radius 1 is 0.829 bits per heavy atom. The molecule has 2 N–H and O–H groups in total. The normalized spacial score (nSPS) is 10.3. The Labute approximate surface area is 212 Å². The van der Waals surface area contributed by atoms with Gasteiger partial charge in [-0.2, -0.15) is 0 Å². The highest BCUT2D eigenvalue weighted by Gasteiger charge is 2.12. The van der Waals surface area contributed by atoms with Gasteiger partial charge in [0.05, 0.1) is 24.2 Å². The summed E-state index contributed by atoms with van der Waals surface area (Å²) < 4.78 is 15.9. The minimum absolute atomic E-state index is 0.111. The average molecular weight is 517 g/mol. The van der Waals surface area contributed by atoms with E-state index >= 15 is 0 Å². The van der Waals surface area contributed by atoms with Crippen molar-refractivity contribution in [1.29, 1.82) is 0 Å². The van der Waals surface area contributed by atoms with E-state index in [1.165, 1.54) is 12.1 Å². The van der Waals surface area contributed by atoms with Crippen LogP contribution in [0.1, 0.15) is 12.8 Å². The summed E-state index contributed by atoms with van der Waals surface area (Å²) in [6.45, 7) is -0.517. The lowest BCUT2D eigenvalue weighted by Crippen LogP contribution is -2.22. The fourth-order valence-electron chi connectivity index (χ4n) is 2.87. The van der Waals surface area contributed by atoms with Crippen LogP contribution in [-0.2, 0) is 19.1 Å². The highest BCUT2D eigenvalue weighted by Crippen LogP contribution is 2.31. The number of hydrogen-bond donors (Lipinski definition) is 2. The first kappa shape index (κ1) is 25.9. The van der Waals surface area contributed by atoms with E-state index in [0.717, 1.165) is 0 Å². The lowest BCUT2D eigenvalue weighted by molar-refractivity contribution is -0.147. The highest BCUT2D eigenvalue weighted by molar-refractivity contribution is 6.35. The van der Waals surface area contributed by atoms with Gasteiger partial charge in [0, 0.05) is 17.1 Å². The maximum Gasteiger partial charge on any atom is 0.306 e. The van der Waals surface area contributed by atoms with E-state index in [9.17, 15) is 14.4 Å². The van der Waals surface area contributed by atoms with Crippen LogP contribution in [0.5, 0.6) is 17.2 Å². The number of hydrogen-bond acceptors (Lipinski definition) is 6. The van der Waals surface area contributed by atoms with Crippen molar-refractivity contribution in [3.05, 3.63) is 76.8 Å². The second-order valence-corrected chi connectivity index (χ2v) is 8.00. The third-order valence-electron chi connectivity index (χ3n) is 4.56. The van der Waals surface area contributed by atoms with Gasteiger partial charge < -0.3 is 24.8 Å². The fourth-order valence-corrected chi connectivity index (χ4v) is 3.21. The Balaban J connectivity index is 1.39. The van der Waals surface area contributed by atoms with Crippen LogP contribution in [0.15, 0.2) is 66.7 Å². The molecule has 0 aliphatic rings. The van der Waals surface area contributed by atoms with Crippen molar-refractivity contribution in [2.75, 3.05) is 24.4 Å². The molecule has 3 aromatic rings. The fraction of sp³-hybridized carbons (Fsp3) is 0.160. The number of methoxy groups -OCH3 is 1. The van der Waals surface area contributed by atoms with Crippen LogP contribution >= 0.6 is 23.2 Å². The number of anilines is 2. The van der Waals surface area contributed by atoms with Gasteiger partial charge in [-0.1, -0.05) is 35.3 Å². The van der Waals surface area contributed by atoms with E-state index in [1.54, 1.807) is 49.6 Å². The van der Waals surface area contributed by atoms with Gasteiger partial charge in [-0.3, -0.25) is 14.4 Å². The van der Waals surface area contributed by atoms with Gasteiger partial charge in [-0.05, 0) is 54.6 Å². The number of benzene rings is 3. The van der Waals surface area contributed by atoms with Crippen molar-refractivity contribution in [1.82, 2.24) is 0 Å². The van der Waals surface area contributed by atoms with Crippen molar-refractivity contribution >= 4 is 52.4 Å². The van der Waals surface area contributed by atoms with Crippen molar-refractivity contribution in [2.24, 2.45) is 0 Å². The molecular formula is C25H22Cl2N2O6. The first-order valence-electron chi connectivity index (χ1n) is 10.5. The summed E-state index contributed by atoms with van der Waals surface area (Å²) in [5, 5.41) is 5.88. The zero-order valence-corrected chi connectivity index (χ0v) is 20.2. The molecule has 0 fully saturated rings. The van der Waals surface area contributed by atoms with Gasteiger partial charge in [-0.15, -0.1) is 0 Å². The minimum Gasteiger partial charge on any atom is -0.493 e. The summed E-state index contributed by atoms with van der Waals surface area (Å²) in [5.74, 6) is 0.0801. The molecule has 0 bridgehead atoms. The van der Waals surface area contributed by atoms with Gasteiger partial charge in [0.25, 0.3) is 5.91 Å². The van der Waals surface area contributed by atoms with Crippen LogP contribution in [-0.4, -0.2) is 31.5 Å². The monoisotopic (exact) mass is 516 g/mol. The smallest absolute Gasteiger partial charge is 0.306 e. The maximum absolute atomic E-state index is 12.2. The molecule has 35 heavy (non-hydrogen) atoms. The highest BCUT2D eigenvalue weighted by atomic mass is 35.5. The molecule has 0 aliphatic heterocycles. The zero-order chi connectivity index (χ0) is 25.2. The molecule has 0 aliphatic carbocycles. The molecule has 0 spiro atoms. The van der Waals surface area contributed by atoms with Crippen molar-refractivity contribution < 1.29 is 28.6 Å². The number of para-hydroxylation sites is 2. The molecule has 0 heterocycles. The number of halogens is 2. The van der Waals surface area contributed by atoms with E-state index < -0.39 is 18.5 Å². The summed E-state index contributed by atoms with van der Waals surface area (Å²) in [5.41, 5.74) is 0.840. The van der Waals surface area contributed by atoms with Crippen LogP contribution in [0.4, 0.5) is 11.4 Å². The Hall–Kier alpha value is -3.75. The largest absolute Gasteiger partial charge is 0.493 e. The SMILES string of the molecule is COc1ccccc1Oc1ccc(NC(=O)CCC(=O)OCC(=O)Nc2cc(Cl)ccc2Cl)cc1. The van der Waals surface area contributed by atoms with Crippen molar-refractivity contribution in [3.8, 4) is 17.2 Å². The molecule has 0 atom stereocenters. The summed E-state index contributed by atoms with van der Waals surface area (Å²) in [6.07, 6.45) is -0.300. The van der Waals surface area contributed by atoms with Crippen LogP contribution < -0.4 is 20.1 Å². The molecule has 182 valence electrons. The molecule has 8 nitrogen and oxygen atoms in total. The first-order valence-corrected chi connectivity index (χ1v) is 11.2. The van der Waals surface area contributed by atoms with Crippen LogP contribution in [0.25, 0.3) is 0 Å². The number of esters is 1. The zero-order valence-electron chi connectivity index (χ0n) is 18.7. The summed E-state index contributed by atoms with van der Waals surface area (Å²) in [6, 6.07) is 18.6. The van der Waals surface area contributed by atoms with Gasteiger partial charge in [0.15, 0.2) is 18.1 Å². The number of ether oxygens (including phenoxy) is 3. The second kappa shape index (κ2) is 12.6. The van der Waals surface area contributed by atoms with Crippen LogP contribution in [0, 0.1) is 0 Å². The Kier molecular flexibility index (Phi) is 9.34. The van der Waals surface area contributed by atoms with E-state index in [0.29, 0.717) is 38.7 Å². The first-order chi connectivity index (χ1) is 16.8. The maximum atomic E-state index is 12.2. The number of carbonyl (C=O) groups is 3. The summed E-state index contributed by atoms with van der Waals surface area (Å²) in [4.78, 5) is 36.0. The Morgan fingerprint density at radius 2 is 1.54 bits per heavy atom. The molecule has 0 saturated carbocycles. The molecule has 2 amide bonds. The molecule has 0 aromatic heterocycles. The third kappa shape index (κ3) is 8.20. The van der Waals surface area contributed by atoms with Gasteiger partial charge in [0.2, 0.25) is 5.91 Å². The lowest BCUT2D eigenvalue weighted by atomic mass is 10.2. The summed E-state index contributed by atoms with van der Waals surface area (Å²) in [7, 11) is 1.56. The second-order valence-electron chi connectivity index (χ2n) is 7.16. The predicted octanol–water partition coefficient (Wildman–Crippen LogP) is 5.69. The third-order valence-corrected chi connectivity index (χ3v) is 5.12. The number of carbonyl (C=O) groups excluding carboxylic acids is 3. The van der Waals surface area contributed by atoms with Crippen LogP contribution in [0.3, 0.4) is 0 Å². The number of amides is 2. The van der Waals surface area contributed by atoms with Gasteiger partial charge >= 0.3 is 5.97 Å². The lowest BCUT2D eigenvalue weighted by Gasteiger charge is -2.11. The minimum atomic E-state index is -0.687.